The Morgan fingerprint density at radius 1 is 1.54 bits per heavy atom. The summed E-state index contributed by atoms with van der Waals surface area (Å²) < 4.78 is 0. The van der Waals surface area contributed by atoms with E-state index in [-0.39, 0.29) is 5.54 Å². The molecule has 2 nitrogen and oxygen atoms in total. The van der Waals surface area contributed by atoms with Gasteiger partial charge in [-0.2, -0.15) is 5.06 Å². The van der Waals surface area contributed by atoms with Gasteiger partial charge in [0, 0.05) is 11.6 Å². The lowest BCUT2D eigenvalue weighted by Crippen LogP contribution is -2.58. The molecule has 2 saturated heterocycles. The largest absolute Gasteiger partial charge is 0.313 e. The molecule has 13 heavy (non-hydrogen) atoms. The lowest BCUT2D eigenvalue weighted by molar-refractivity contribution is -0.249. The first-order valence-corrected chi connectivity index (χ1v) is 5.66. The Morgan fingerprint density at radius 3 is 3.00 bits per heavy atom. The maximum Gasteiger partial charge on any atom is 0.0463 e. The molecule has 0 radical (unpaired) electrons. The monoisotopic (exact) mass is 183 g/mol. The van der Waals surface area contributed by atoms with E-state index in [1.54, 1.807) is 5.06 Å². The van der Waals surface area contributed by atoms with Gasteiger partial charge in [0.2, 0.25) is 0 Å². The van der Waals surface area contributed by atoms with Gasteiger partial charge in [-0.25, -0.2) is 0 Å². The number of hydrogen-bond acceptors (Lipinski definition) is 2. The second kappa shape index (κ2) is 3.25. The van der Waals surface area contributed by atoms with E-state index in [9.17, 15) is 5.21 Å². The molecular weight excluding hydrogens is 162 g/mol. The van der Waals surface area contributed by atoms with E-state index in [2.05, 4.69) is 13.8 Å². The van der Waals surface area contributed by atoms with E-state index in [4.69, 9.17) is 0 Å². The van der Waals surface area contributed by atoms with Gasteiger partial charge in [-0.05, 0) is 44.4 Å². The SMILES string of the molecule is CCC12CCCC(CC(C)C1)N2O. The van der Waals surface area contributed by atoms with Crippen molar-refractivity contribution in [1.82, 2.24) is 5.06 Å². The van der Waals surface area contributed by atoms with Crippen LogP contribution in [-0.2, 0) is 0 Å². The molecule has 3 atom stereocenters. The maximum atomic E-state index is 10.1. The van der Waals surface area contributed by atoms with E-state index in [1.807, 2.05) is 0 Å². The van der Waals surface area contributed by atoms with E-state index < -0.39 is 0 Å². The van der Waals surface area contributed by atoms with Gasteiger partial charge in [0.1, 0.15) is 0 Å². The second-order valence-corrected chi connectivity index (χ2v) is 5.01. The quantitative estimate of drug-likeness (QED) is 0.675. The fourth-order valence-electron chi connectivity index (χ4n) is 3.38. The van der Waals surface area contributed by atoms with Crippen LogP contribution in [0.1, 0.15) is 52.4 Å². The first-order valence-electron chi connectivity index (χ1n) is 5.66. The zero-order valence-corrected chi connectivity index (χ0v) is 8.79. The van der Waals surface area contributed by atoms with Crippen molar-refractivity contribution in [3.63, 3.8) is 0 Å². The Hall–Kier alpha value is -0.0800. The second-order valence-electron chi connectivity index (χ2n) is 5.01. The van der Waals surface area contributed by atoms with Crippen LogP contribution in [0.3, 0.4) is 0 Å². The molecule has 0 aliphatic carbocycles. The molecule has 0 aromatic carbocycles. The summed E-state index contributed by atoms with van der Waals surface area (Å²) in [6, 6.07) is 0.456. The minimum atomic E-state index is 0.139. The first-order chi connectivity index (χ1) is 6.18. The molecule has 76 valence electrons. The van der Waals surface area contributed by atoms with Crippen LogP contribution in [0.2, 0.25) is 0 Å². The van der Waals surface area contributed by atoms with Crippen molar-refractivity contribution in [2.45, 2.75) is 64.0 Å². The topological polar surface area (TPSA) is 23.5 Å². The minimum Gasteiger partial charge on any atom is -0.313 e. The molecule has 2 fully saturated rings. The van der Waals surface area contributed by atoms with Crippen molar-refractivity contribution < 1.29 is 5.21 Å². The summed E-state index contributed by atoms with van der Waals surface area (Å²) in [5, 5.41) is 11.8. The smallest absolute Gasteiger partial charge is 0.0463 e. The van der Waals surface area contributed by atoms with Gasteiger partial charge in [-0.3, -0.25) is 0 Å². The number of rotatable bonds is 1. The predicted molar refractivity (Wildman–Crippen MR) is 52.7 cm³/mol. The van der Waals surface area contributed by atoms with Gasteiger partial charge in [0.15, 0.2) is 0 Å². The molecule has 2 bridgehead atoms. The zero-order valence-electron chi connectivity index (χ0n) is 8.79. The molecule has 2 heteroatoms. The Balaban J connectivity index is 2.20. The van der Waals surface area contributed by atoms with Gasteiger partial charge in [-0.1, -0.05) is 13.8 Å². The zero-order chi connectivity index (χ0) is 9.47. The summed E-state index contributed by atoms with van der Waals surface area (Å²) in [4.78, 5) is 0. The van der Waals surface area contributed by atoms with Crippen LogP contribution >= 0.6 is 0 Å². The van der Waals surface area contributed by atoms with E-state index in [0.717, 1.165) is 12.3 Å². The van der Waals surface area contributed by atoms with Crippen molar-refractivity contribution in [2.75, 3.05) is 0 Å². The maximum absolute atomic E-state index is 10.1. The highest BCUT2D eigenvalue weighted by Crippen LogP contribution is 2.44. The predicted octanol–water partition coefficient (Wildman–Crippen LogP) is 2.81. The van der Waals surface area contributed by atoms with Crippen molar-refractivity contribution in [2.24, 2.45) is 5.92 Å². The third kappa shape index (κ3) is 1.40. The number of hydroxylamine groups is 2. The Bertz CT molecular complexity index is 195. The van der Waals surface area contributed by atoms with E-state index in [1.165, 1.54) is 32.1 Å². The molecule has 0 saturated carbocycles. The van der Waals surface area contributed by atoms with E-state index >= 15 is 0 Å². The summed E-state index contributed by atoms with van der Waals surface area (Å²) in [6.45, 7) is 4.54. The molecule has 2 rings (SSSR count). The molecular formula is C11H21NO. The van der Waals surface area contributed by atoms with Crippen LogP contribution in [0.4, 0.5) is 0 Å². The number of hydrogen-bond donors (Lipinski definition) is 1. The normalized spacial score (nSPS) is 46.4. The summed E-state index contributed by atoms with van der Waals surface area (Å²) >= 11 is 0. The van der Waals surface area contributed by atoms with Gasteiger partial charge in [-0.15, -0.1) is 0 Å². The van der Waals surface area contributed by atoms with Crippen molar-refractivity contribution in [1.29, 1.82) is 0 Å². The molecule has 0 aromatic heterocycles. The fourth-order valence-corrected chi connectivity index (χ4v) is 3.38. The average molecular weight is 183 g/mol. The highest BCUT2D eigenvalue weighted by molar-refractivity contribution is 4.98. The van der Waals surface area contributed by atoms with Crippen LogP contribution in [0, 0.1) is 5.92 Å². The summed E-state index contributed by atoms with van der Waals surface area (Å²) in [6.07, 6.45) is 7.19. The molecule has 0 spiro atoms. The number of nitrogens with zero attached hydrogens (tertiary/aromatic N) is 1. The Kier molecular flexibility index (Phi) is 2.37. The third-order valence-corrected chi connectivity index (χ3v) is 4.07. The lowest BCUT2D eigenvalue weighted by atomic mass is 9.70. The summed E-state index contributed by atoms with van der Waals surface area (Å²) in [5.41, 5.74) is 0.139. The van der Waals surface area contributed by atoms with Gasteiger partial charge in [0.05, 0.1) is 0 Å². The molecule has 0 aromatic rings. The molecule has 2 aliphatic heterocycles. The van der Waals surface area contributed by atoms with Crippen molar-refractivity contribution >= 4 is 0 Å². The van der Waals surface area contributed by atoms with Gasteiger partial charge >= 0.3 is 0 Å². The third-order valence-electron chi connectivity index (χ3n) is 4.07. The van der Waals surface area contributed by atoms with Crippen molar-refractivity contribution in [3.05, 3.63) is 0 Å². The standard InChI is InChI=1S/C11H21NO/c1-3-11-6-4-5-10(12(11)13)7-9(2)8-11/h9-10,13H,3-8H2,1-2H3. The summed E-state index contributed by atoms with van der Waals surface area (Å²) in [7, 11) is 0. The minimum absolute atomic E-state index is 0.139. The lowest BCUT2D eigenvalue weighted by Gasteiger charge is -2.53. The van der Waals surface area contributed by atoms with E-state index in [0.29, 0.717) is 6.04 Å². The van der Waals surface area contributed by atoms with Crippen LogP contribution < -0.4 is 0 Å². The van der Waals surface area contributed by atoms with Gasteiger partial charge in [0.25, 0.3) is 0 Å². The molecule has 0 amide bonds. The molecule has 3 unspecified atom stereocenters. The van der Waals surface area contributed by atoms with Gasteiger partial charge < -0.3 is 5.21 Å². The highest BCUT2D eigenvalue weighted by Gasteiger charge is 2.46. The highest BCUT2D eigenvalue weighted by atomic mass is 16.5. The van der Waals surface area contributed by atoms with Crippen LogP contribution in [-0.4, -0.2) is 21.9 Å². The summed E-state index contributed by atoms with van der Waals surface area (Å²) in [5.74, 6) is 0.800. The van der Waals surface area contributed by atoms with Crippen LogP contribution in [0.25, 0.3) is 0 Å². The van der Waals surface area contributed by atoms with Crippen LogP contribution in [0.5, 0.6) is 0 Å². The van der Waals surface area contributed by atoms with Crippen molar-refractivity contribution in [3.8, 4) is 0 Å². The molecule has 2 aliphatic rings. The Morgan fingerprint density at radius 2 is 2.31 bits per heavy atom. The molecule has 1 N–H and O–H groups in total. The molecule has 2 heterocycles. The number of fused-ring (bicyclic) bond motifs is 2. The van der Waals surface area contributed by atoms with Crippen LogP contribution in [0.15, 0.2) is 0 Å². The first kappa shape index (κ1) is 9.47. The Labute approximate surface area is 80.9 Å². The number of piperidine rings is 2. The average Bonchev–Trinajstić information content (AvgIpc) is 2.08. The fraction of sp³-hybridized carbons (Fsp3) is 1.00.